The second-order valence-electron chi connectivity index (χ2n) is 8.60. The SMILES string of the molecule is Cc1ccccc1C1CC(N(C(=O)c2ccc(-c3cnn(C)c3)cc2)C2CC2)C1. The van der Waals surface area contributed by atoms with Gasteiger partial charge in [-0.15, -0.1) is 0 Å². The fourth-order valence-electron chi connectivity index (χ4n) is 4.62. The Labute approximate surface area is 172 Å². The minimum absolute atomic E-state index is 0.193. The molecule has 2 aliphatic carbocycles. The number of benzene rings is 2. The molecule has 2 aromatic carbocycles. The Morgan fingerprint density at radius 3 is 2.34 bits per heavy atom. The number of amides is 1. The molecule has 0 aliphatic heterocycles. The van der Waals surface area contributed by atoms with Gasteiger partial charge < -0.3 is 4.90 Å². The summed E-state index contributed by atoms with van der Waals surface area (Å²) in [6.45, 7) is 2.19. The third kappa shape index (κ3) is 3.48. The molecule has 0 radical (unpaired) electrons. The van der Waals surface area contributed by atoms with Gasteiger partial charge in [0.25, 0.3) is 5.91 Å². The summed E-state index contributed by atoms with van der Waals surface area (Å²) in [5.41, 5.74) is 5.78. The van der Waals surface area contributed by atoms with Crippen LogP contribution in [0.5, 0.6) is 0 Å². The molecule has 29 heavy (non-hydrogen) atoms. The largest absolute Gasteiger partial charge is 0.333 e. The highest BCUT2D eigenvalue weighted by molar-refractivity contribution is 5.95. The molecular formula is C25H27N3O. The lowest BCUT2D eigenvalue weighted by atomic mass is 9.73. The van der Waals surface area contributed by atoms with Gasteiger partial charge in [0.05, 0.1) is 6.20 Å². The van der Waals surface area contributed by atoms with E-state index >= 15 is 0 Å². The minimum atomic E-state index is 0.193. The smallest absolute Gasteiger partial charge is 0.254 e. The third-order valence-corrected chi connectivity index (χ3v) is 6.48. The van der Waals surface area contributed by atoms with Crippen molar-refractivity contribution in [3.05, 3.63) is 77.6 Å². The van der Waals surface area contributed by atoms with Crippen LogP contribution in [-0.2, 0) is 7.05 Å². The number of nitrogens with zero attached hydrogens (tertiary/aromatic N) is 3. The molecule has 3 aromatic rings. The Hall–Kier alpha value is -2.88. The van der Waals surface area contributed by atoms with E-state index in [9.17, 15) is 4.79 Å². The Morgan fingerprint density at radius 1 is 1.00 bits per heavy atom. The summed E-state index contributed by atoms with van der Waals surface area (Å²) >= 11 is 0. The summed E-state index contributed by atoms with van der Waals surface area (Å²) in [5, 5.41) is 4.23. The first-order valence-electron chi connectivity index (χ1n) is 10.6. The van der Waals surface area contributed by atoms with Crippen LogP contribution >= 0.6 is 0 Å². The van der Waals surface area contributed by atoms with Crippen LogP contribution in [0.25, 0.3) is 11.1 Å². The maximum Gasteiger partial charge on any atom is 0.254 e. The van der Waals surface area contributed by atoms with Crippen LogP contribution in [0, 0.1) is 6.92 Å². The van der Waals surface area contributed by atoms with Crippen molar-refractivity contribution in [1.82, 2.24) is 14.7 Å². The van der Waals surface area contributed by atoms with E-state index < -0.39 is 0 Å². The molecule has 1 aromatic heterocycles. The van der Waals surface area contributed by atoms with Crippen molar-refractivity contribution in [2.75, 3.05) is 0 Å². The first-order chi connectivity index (χ1) is 14.1. The zero-order valence-corrected chi connectivity index (χ0v) is 17.1. The number of hydrogen-bond acceptors (Lipinski definition) is 2. The molecule has 1 amide bonds. The van der Waals surface area contributed by atoms with Crippen LogP contribution in [0.15, 0.2) is 60.9 Å². The van der Waals surface area contributed by atoms with E-state index in [-0.39, 0.29) is 5.91 Å². The zero-order valence-electron chi connectivity index (χ0n) is 17.1. The van der Waals surface area contributed by atoms with Gasteiger partial charge in [-0.25, -0.2) is 0 Å². The molecule has 2 fully saturated rings. The fourth-order valence-corrected chi connectivity index (χ4v) is 4.62. The second-order valence-corrected chi connectivity index (χ2v) is 8.60. The van der Waals surface area contributed by atoms with Gasteiger partial charge in [-0.1, -0.05) is 36.4 Å². The lowest BCUT2D eigenvalue weighted by molar-refractivity contribution is 0.0516. The van der Waals surface area contributed by atoms with Crippen LogP contribution in [0.2, 0.25) is 0 Å². The van der Waals surface area contributed by atoms with E-state index in [1.54, 1.807) is 4.68 Å². The van der Waals surface area contributed by atoms with Crippen molar-refractivity contribution in [3.8, 4) is 11.1 Å². The lowest BCUT2D eigenvalue weighted by Gasteiger charge is -2.44. The number of hydrogen-bond donors (Lipinski definition) is 0. The van der Waals surface area contributed by atoms with Gasteiger partial charge in [0.2, 0.25) is 0 Å². The van der Waals surface area contributed by atoms with Crippen LogP contribution in [0.4, 0.5) is 0 Å². The molecule has 0 spiro atoms. The summed E-state index contributed by atoms with van der Waals surface area (Å²) in [5.74, 6) is 0.779. The van der Waals surface area contributed by atoms with Crippen molar-refractivity contribution in [2.45, 2.75) is 50.6 Å². The summed E-state index contributed by atoms with van der Waals surface area (Å²) in [6.07, 6.45) is 8.30. The van der Waals surface area contributed by atoms with Gasteiger partial charge >= 0.3 is 0 Å². The maximum atomic E-state index is 13.3. The molecule has 0 N–H and O–H groups in total. The number of rotatable bonds is 5. The van der Waals surface area contributed by atoms with Crippen LogP contribution in [0.3, 0.4) is 0 Å². The van der Waals surface area contributed by atoms with Crippen molar-refractivity contribution in [1.29, 1.82) is 0 Å². The summed E-state index contributed by atoms with van der Waals surface area (Å²) < 4.78 is 1.80. The third-order valence-electron chi connectivity index (χ3n) is 6.48. The maximum absolute atomic E-state index is 13.3. The zero-order chi connectivity index (χ0) is 20.0. The first-order valence-corrected chi connectivity index (χ1v) is 10.6. The summed E-state index contributed by atoms with van der Waals surface area (Å²) in [7, 11) is 1.91. The average Bonchev–Trinajstić information content (AvgIpc) is 3.44. The standard InChI is InChI=1S/C25H27N3O/c1-17-5-3-4-6-24(17)20-13-23(14-20)28(22-11-12-22)25(29)19-9-7-18(8-10-19)21-15-26-27(2)16-21/h3-10,15-16,20,22-23H,11-14H2,1-2H3. The van der Waals surface area contributed by atoms with Crippen molar-refractivity contribution in [3.63, 3.8) is 0 Å². The highest BCUT2D eigenvalue weighted by Gasteiger charge is 2.43. The number of carbonyl (C=O) groups is 1. The Morgan fingerprint density at radius 2 is 1.72 bits per heavy atom. The minimum Gasteiger partial charge on any atom is -0.333 e. The van der Waals surface area contributed by atoms with Gasteiger partial charge in [0.1, 0.15) is 0 Å². The molecule has 4 nitrogen and oxygen atoms in total. The van der Waals surface area contributed by atoms with Crippen molar-refractivity contribution in [2.24, 2.45) is 7.05 Å². The van der Waals surface area contributed by atoms with Crippen LogP contribution in [0.1, 0.15) is 53.1 Å². The van der Waals surface area contributed by atoms with E-state index in [2.05, 4.69) is 41.2 Å². The highest BCUT2D eigenvalue weighted by Crippen LogP contribution is 2.45. The number of carbonyl (C=O) groups excluding carboxylic acids is 1. The van der Waals surface area contributed by atoms with E-state index in [1.165, 1.54) is 11.1 Å². The van der Waals surface area contributed by atoms with E-state index in [4.69, 9.17) is 0 Å². The molecule has 0 atom stereocenters. The predicted molar refractivity (Wildman–Crippen MR) is 115 cm³/mol. The quantitative estimate of drug-likeness (QED) is 0.623. The van der Waals surface area contributed by atoms with Crippen LogP contribution < -0.4 is 0 Å². The Balaban J connectivity index is 1.31. The van der Waals surface area contributed by atoms with Crippen LogP contribution in [-0.4, -0.2) is 32.7 Å². The Bertz CT molecular complexity index is 1030. The molecule has 5 rings (SSSR count). The van der Waals surface area contributed by atoms with Gasteiger partial charge in [-0.3, -0.25) is 9.48 Å². The topological polar surface area (TPSA) is 38.1 Å². The second kappa shape index (κ2) is 7.18. The lowest BCUT2D eigenvalue weighted by Crippen LogP contribution is -2.48. The first kappa shape index (κ1) is 18.2. The van der Waals surface area contributed by atoms with Gasteiger partial charge in [-0.05, 0) is 67.3 Å². The molecule has 4 heteroatoms. The molecule has 0 bridgehead atoms. The predicted octanol–water partition coefficient (Wildman–Crippen LogP) is 4.95. The molecule has 148 valence electrons. The van der Waals surface area contributed by atoms with E-state index in [0.717, 1.165) is 42.4 Å². The molecule has 2 aliphatic rings. The molecular weight excluding hydrogens is 358 g/mol. The monoisotopic (exact) mass is 385 g/mol. The summed E-state index contributed by atoms with van der Waals surface area (Å²) in [4.78, 5) is 15.5. The molecule has 1 heterocycles. The average molecular weight is 386 g/mol. The number of aryl methyl sites for hydroxylation is 2. The summed E-state index contributed by atoms with van der Waals surface area (Å²) in [6, 6.07) is 17.5. The molecule has 0 unspecified atom stereocenters. The van der Waals surface area contributed by atoms with E-state index in [0.29, 0.717) is 18.0 Å². The molecule has 0 saturated heterocycles. The number of aromatic nitrogens is 2. The van der Waals surface area contributed by atoms with Gasteiger partial charge in [-0.2, -0.15) is 5.10 Å². The van der Waals surface area contributed by atoms with Crippen molar-refractivity contribution < 1.29 is 4.79 Å². The van der Waals surface area contributed by atoms with E-state index in [1.807, 2.05) is 43.7 Å². The van der Waals surface area contributed by atoms with Gasteiger partial charge in [0, 0.05) is 36.5 Å². The Kier molecular flexibility index (Phi) is 4.50. The highest BCUT2D eigenvalue weighted by atomic mass is 16.2. The molecule has 2 saturated carbocycles. The van der Waals surface area contributed by atoms with Gasteiger partial charge in [0.15, 0.2) is 0 Å². The van der Waals surface area contributed by atoms with Crippen molar-refractivity contribution >= 4 is 5.91 Å². The normalized spacial score (nSPS) is 20.9. The fraction of sp³-hybridized carbons (Fsp3) is 0.360.